The minimum atomic E-state index is -0.371. The van der Waals surface area contributed by atoms with Crippen molar-refractivity contribution < 1.29 is 9.59 Å². The van der Waals surface area contributed by atoms with E-state index in [1.165, 1.54) is 23.1 Å². The molecule has 1 aromatic carbocycles. The first-order valence-electron chi connectivity index (χ1n) is 9.85. The van der Waals surface area contributed by atoms with Crippen LogP contribution in [0.2, 0.25) is 0 Å². The summed E-state index contributed by atoms with van der Waals surface area (Å²) >= 11 is 2.48. The number of nitrogens with zero attached hydrogens (tertiary/aromatic N) is 2. The molecule has 0 bridgehead atoms. The van der Waals surface area contributed by atoms with Crippen molar-refractivity contribution in [2.45, 2.75) is 44.3 Å². The summed E-state index contributed by atoms with van der Waals surface area (Å²) in [5, 5.41) is 2.87. The molecule has 0 aliphatic carbocycles. The predicted octanol–water partition coefficient (Wildman–Crippen LogP) is 3.59. The molecule has 30 heavy (non-hydrogen) atoms. The molecule has 2 heterocycles. The number of hydrazine groups is 1. The lowest BCUT2D eigenvalue weighted by Crippen LogP contribution is -2.42. The Balaban J connectivity index is 1.68. The Bertz CT molecular complexity index is 1060. The number of carbonyl (C=O) groups excluding carboxylic acids is 2. The van der Waals surface area contributed by atoms with Gasteiger partial charge in [0.05, 0.1) is 21.5 Å². The molecule has 158 valence electrons. The number of amides is 2. The molecule has 0 unspecified atom stereocenters. The van der Waals surface area contributed by atoms with E-state index < -0.39 is 0 Å². The number of thiophene rings is 1. The third kappa shape index (κ3) is 5.70. The van der Waals surface area contributed by atoms with Crippen molar-refractivity contribution in [1.29, 1.82) is 0 Å². The Morgan fingerprint density at radius 1 is 1.10 bits per heavy atom. The molecular weight excluding hydrogens is 420 g/mol. The fourth-order valence-electron chi connectivity index (χ4n) is 2.91. The predicted molar refractivity (Wildman–Crippen MR) is 121 cm³/mol. The molecule has 2 aromatic heterocycles. The Labute approximate surface area is 182 Å². The van der Waals surface area contributed by atoms with Gasteiger partial charge in [-0.15, -0.1) is 11.3 Å². The average molecular weight is 445 g/mol. The third-order valence-corrected chi connectivity index (χ3v) is 6.30. The Morgan fingerprint density at radius 3 is 2.70 bits per heavy atom. The standard InChI is InChI=1S/C21H24N4O3S2/c1-2-3-4-7-12-25-20(28)15-9-5-6-10-16(15)22-21(25)30-14-18(26)23-24-19(27)17-11-8-13-29-17/h5-6,8-11,13H,2-4,7,12,14H2,1H3,(H,23,26)(H,24,27). The van der Waals surface area contributed by atoms with Crippen LogP contribution < -0.4 is 16.4 Å². The Morgan fingerprint density at radius 2 is 1.93 bits per heavy atom. The van der Waals surface area contributed by atoms with Gasteiger partial charge in [0.1, 0.15) is 0 Å². The first-order chi connectivity index (χ1) is 14.6. The SMILES string of the molecule is CCCCCCn1c(SCC(=O)NNC(=O)c2cccs2)nc2ccccc2c1=O. The van der Waals surface area contributed by atoms with Crippen LogP contribution in [0.3, 0.4) is 0 Å². The zero-order valence-electron chi connectivity index (χ0n) is 16.7. The van der Waals surface area contributed by atoms with Crippen LogP contribution in [0.4, 0.5) is 0 Å². The highest BCUT2D eigenvalue weighted by atomic mass is 32.2. The number of unbranched alkanes of at least 4 members (excludes halogenated alkanes) is 3. The van der Waals surface area contributed by atoms with Crippen molar-refractivity contribution >= 4 is 45.8 Å². The summed E-state index contributed by atoms with van der Waals surface area (Å²) in [6, 6.07) is 10.7. The van der Waals surface area contributed by atoms with Gasteiger partial charge in [-0.3, -0.25) is 29.8 Å². The molecule has 2 N–H and O–H groups in total. The van der Waals surface area contributed by atoms with Gasteiger partial charge in [-0.25, -0.2) is 4.98 Å². The average Bonchev–Trinajstić information content (AvgIpc) is 3.30. The van der Waals surface area contributed by atoms with Gasteiger partial charge < -0.3 is 0 Å². The second-order valence-electron chi connectivity index (χ2n) is 6.70. The van der Waals surface area contributed by atoms with Crippen molar-refractivity contribution in [3.05, 3.63) is 57.0 Å². The minimum absolute atomic E-state index is 0.0322. The maximum absolute atomic E-state index is 13.0. The zero-order valence-corrected chi connectivity index (χ0v) is 18.4. The number of nitrogens with one attached hydrogen (secondary N) is 2. The number of fused-ring (bicyclic) bond motifs is 1. The van der Waals surface area contributed by atoms with E-state index in [0.29, 0.717) is 27.5 Å². The van der Waals surface area contributed by atoms with E-state index in [2.05, 4.69) is 22.8 Å². The van der Waals surface area contributed by atoms with Crippen LogP contribution in [0.1, 0.15) is 42.3 Å². The topological polar surface area (TPSA) is 93.1 Å². The highest BCUT2D eigenvalue weighted by Gasteiger charge is 2.14. The molecule has 0 aliphatic heterocycles. The number of thioether (sulfide) groups is 1. The summed E-state index contributed by atoms with van der Waals surface area (Å²) in [6.07, 6.45) is 4.15. The van der Waals surface area contributed by atoms with E-state index in [9.17, 15) is 14.4 Å². The summed E-state index contributed by atoms with van der Waals surface area (Å²) in [7, 11) is 0. The minimum Gasteiger partial charge on any atom is -0.287 e. The molecule has 3 rings (SSSR count). The van der Waals surface area contributed by atoms with Crippen molar-refractivity contribution in [1.82, 2.24) is 20.4 Å². The summed E-state index contributed by atoms with van der Waals surface area (Å²) in [5.41, 5.74) is 5.32. The van der Waals surface area contributed by atoms with Crippen molar-refractivity contribution in [2.75, 3.05) is 5.75 Å². The zero-order chi connectivity index (χ0) is 21.3. The molecular formula is C21H24N4O3S2. The molecule has 7 nitrogen and oxygen atoms in total. The van der Waals surface area contributed by atoms with E-state index in [4.69, 9.17) is 0 Å². The van der Waals surface area contributed by atoms with Crippen molar-refractivity contribution in [2.24, 2.45) is 0 Å². The summed E-state index contributed by atoms with van der Waals surface area (Å²) in [4.78, 5) is 42.2. The second kappa shape index (κ2) is 10.9. The lowest BCUT2D eigenvalue weighted by Gasteiger charge is -2.13. The summed E-state index contributed by atoms with van der Waals surface area (Å²) in [5.74, 6) is -0.699. The molecule has 0 saturated carbocycles. The monoisotopic (exact) mass is 444 g/mol. The highest BCUT2D eigenvalue weighted by molar-refractivity contribution is 7.99. The molecule has 0 spiro atoms. The molecule has 0 saturated heterocycles. The van der Waals surface area contributed by atoms with Crippen LogP contribution in [0.5, 0.6) is 0 Å². The molecule has 0 aliphatic rings. The van der Waals surface area contributed by atoms with Crippen molar-refractivity contribution in [3.8, 4) is 0 Å². The van der Waals surface area contributed by atoms with Crippen LogP contribution in [0, 0.1) is 0 Å². The smallest absolute Gasteiger partial charge is 0.279 e. The third-order valence-electron chi connectivity index (χ3n) is 4.45. The summed E-state index contributed by atoms with van der Waals surface area (Å²) < 4.78 is 1.65. The van der Waals surface area contributed by atoms with Crippen LogP contribution in [0.25, 0.3) is 10.9 Å². The molecule has 0 radical (unpaired) electrons. The first-order valence-corrected chi connectivity index (χ1v) is 11.7. The highest BCUT2D eigenvalue weighted by Crippen LogP contribution is 2.18. The largest absolute Gasteiger partial charge is 0.287 e. The van der Waals surface area contributed by atoms with Crippen LogP contribution in [-0.4, -0.2) is 27.1 Å². The first kappa shape index (κ1) is 22.0. The lowest BCUT2D eigenvalue weighted by molar-refractivity contribution is -0.119. The Kier molecular flexibility index (Phi) is 8.04. The maximum atomic E-state index is 13.0. The van der Waals surface area contributed by atoms with Gasteiger partial charge in [-0.1, -0.05) is 56.1 Å². The molecule has 3 aromatic rings. The number of benzene rings is 1. The van der Waals surface area contributed by atoms with Crippen LogP contribution >= 0.6 is 23.1 Å². The van der Waals surface area contributed by atoms with Crippen LogP contribution in [0.15, 0.2) is 51.7 Å². The molecule has 2 amide bonds. The molecule has 0 fully saturated rings. The van der Waals surface area contributed by atoms with Gasteiger partial charge in [0, 0.05) is 6.54 Å². The van der Waals surface area contributed by atoms with Crippen molar-refractivity contribution in [3.63, 3.8) is 0 Å². The Hall–Kier alpha value is -2.65. The van der Waals surface area contributed by atoms with E-state index in [-0.39, 0.29) is 23.1 Å². The molecule has 0 atom stereocenters. The van der Waals surface area contributed by atoms with Gasteiger partial charge in [0.2, 0.25) is 5.91 Å². The fourth-order valence-corrected chi connectivity index (χ4v) is 4.36. The number of para-hydroxylation sites is 1. The van der Waals surface area contributed by atoms with Gasteiger partial charge in [0.15, 0.2) is 5.16 Å². The normalized spacial score (nSPS) is 10.8. The number of hydrogen-bond acceptors (Lipinski definition) is 6. The summed E-state index contributed by atoms with van der Waals surface area (Å²) in [6.45, 7) is 2.70. The van der Waals surface area contributed by atoms with Gasteiger partial charge >= 0.3 is 0 Å². The van der Waals surface area contributed by atoms with E-state index >= 15 is 0 Å². The molecule has 9 heteroatoms. The number of carbonyl (C=O) groups is 2. The number of rotatable bonds is 9. The van der Waals surface area contributed by atoms with Gasteiger partial charge in [-0.05, 0) is 30.0 Å². The number of aromatic nitrogens is 2. The van der Waals surface area contributed by atoms with Crippen LogP contribution in [-0.2, 0) is 11.3 Å². The maximum Gasteiger partial charge on any atom is 0.279 e. The van der Waals surface area contributed by atoms with Gasteiger partial charge in [-0.2, -0.15) is 0 Å². The fraction of sp³-hybridized carbons (Fsp3) is 0.333. The number of hydrogen-bond donors (Lipinski definition) is 2. The van der Waals surface area contributed by atoms with E-state index in [1.54, 1.807) is 34.2 Å². The van der Waals surface area contributed by atoms with Gasteiger partial charge in [0.25, 0.3) is 11.5 Å². The second-order valence-corrected chi connectivity index (χ2v) is 8.59. The lowest BCUT2D eigenvalue weighted by atomic mass is 10.2. The van der Waals surface area contributed by atoms with E-state index in [1.807, 2.05) is 12.1 Å². The van der Waals surface area contributed by atoms with E-state index in [0.717, 1.165) is 25.7 Å². The quantitative estimate of drug-likeness (QED) is 0.228.